The zero-order valence-electron chi connectivity index (χ0n) is 15.1. The normalized spacial score (nSPS) is 14.9. The Balaban J connectivity index is 1.79. The summed E-state index contributed by atoms with van der Waals surface area (Å²) in [7, 11) is 0. The summed E-state index contributed by atoms with van der Waals surface area (Å²) in [6.45, 7) is 2.91. The highest BCUT2D eigenvalue weighted by Crippen LogP contribution is 2.27. The van der Waals surface area contributed by atoms with Gasteiger partial charge < -0.3 is 5.32 Å². The number of hydrogen-bond donors (Lipinski definition) is 1. The molecule has 0 aromatic heterocycles. The fourth-order valence-corrected chi connectivity index (χ4v) is 3.58. The number of anilines is 2. The average molecular weight is 336 g/mol. The van der Waals surface area contributed by atoms with Gasteiger partial charge in [0.2, 0.25) is 0 Å². The molecule has 2 aromatic carbocycles. The van der Waals surface area contributed by atoms with Crippen LogP contribution in [-0.4, -0.2) is 12.6 Å². The molecule has 1 aliphatic carbocycles. The van der Waals surface area contributed by atoms with Gasteiger partial charge in [0, 0.05) is 6.54 Å². The number of carbonyl (C=O) groups is 1. The molecule has 1 aliphatic rings. The van der Waals surface area contributed by atoms with Gasteiger partial charge in [0.25, 0.3) is 0 Å². The summed E-state index contributed by atoms with van der Waals surface area (Å²) in [4.78, 5) is 14.8. The van der Waals surface area contributed by atoms with Crippen molar-refractivity contribution < 1.29 is 4.79 Å². The molecule has 25 heavy (non-hydrogen) atoms. The molecule has 3 rings (SSSR count). The minimum atomic E-state index is -0.0370. The van der Waals surface area contributed by atoms with E-state index in [9.17, 15) is 4.79 Å². The third-order valence-electron chi connectivity index (χ3n) is 5.06. The highest BCUT2D eigenvalue weighted by Gasteiger charge is 2.20. The Morgan fingerprint density at radius 3 is 2.44 bits per heavy atom. The van der Waals surface area contributed by atoms with Crippen LogP contribution in [0, 0.1) is 5.92 Å². The minimum absolute atomic E-state index is 0.0370. The third-order valence-corrected chi connectivity index (χ3v) is 5.06. The summed E-state index contributed by atoms with van der Waals surface area (Å²) in [6, 6.07) is 18.1. The summed E-state index contributed by atoms with van der Waals surface area (Å²) >= 11 is 0. The van der Waals surface area contributed by atoms with Gasteiger partial charge in [-0.1, -0.05) is 56.5 Å². The van der Waals surface area contributed by atoms with Crippen LogP contribution in [0.2, 0.25) is 0 Å². The van der Waals surface area contributed by atoms with Crippen molar-refractivity contribution in [1.82, 2.24) is 5.32 Å². The molecular weight excluding hydrogens is 308 g/mol. The maximum atomic E-state index is 13.0. The van der Waals surface area contributed by atoms with Crippen molar-refractivity contribution in [1.29, 1.82) is 0 Å². The summed E-state index contributed by atoms with van der Waals surface area (Å²) in [5.74, 6) is 0.622. The van der Waals surface area contributed by atoms with E-state index in [2.05, 4.69) is 24.4 Å². The lowest BCUT2D eigenvalue weighted by Gasteiger charge is -2.26. The molecule has 0 heterocycles. The van der Waals surface area contributed by atoms with E-state index in [0.717, 1.165) is 24.3 Å². The fraction of sp³-hybridized carbons (Fsp3) is 0.409. The van der Waals surface area contributed by atoms with E-state index in [1.54, 1.807) is 4.90 Å². The van der Waals surface area contributed by atoms with Crippen molar-refractivity contribution in [3.05, 3.63) is 60.2 Å². The van der Waals surface area contributed by atoms with Crippen molar-refractivity contribution in [2.75, 3.05) is 11.4 Å². The first kappa shape index (κ1) is 17.5. The molecule has 3 nitrogen and oxygen atoms in total. The zero-order valence-corrected chi connectivity index (χ0v) is 15.1. The molecule has 0 unspecified atom stereocenters. The first-order chi connectivity index (χ1) is 12.3. The number of nitrogens with zero attached hydrogens (tertiary/aromatic N) is 1. The number of aryl methyl sites for hydroxylation is 1. The van der Waals surface area contributed by atoms with E-state index in [0.29, 0.717) is 5.92 Å². The minimum Gasteiger partial charge on any atom is -0.337 e. The Labute approximate surface area is 151 Å². The molecular formula is C22H28N2O. The number of carbonyl (C=O) groups excluding carboxylic acids is 1. The number of rotatable bonds is 5. The van der Waals surface area contributed by atoms with E-state index in [-0.39, 0.29) is 6.03 Å². The van der Waals surface area contributed by atoms with Gasteiger partial charge in [0.1, 0.15) is 0 Å². The van der Waals surface area contributed by atoms with Gasteiger partial charge in [-0.25, -0.2) is 4.79 Å². The molecule has 0 saturated heterocycles. The Morgan fingerprint density at radius 2 is 1.72 bits per heavy atom. The van der Waals surface area contributed by atoms with Gasteiger partial charge >= 0.3 is 6.03 Å². The van der Waals surface area contributed by atoms with Crippen LogP contribution < -0.4 is 10.2 Å². The molecule has 1 saturated carbocycles. The van der Waals surface area contributed by atoms with Crippen LogP contribution >= 0.6 is 0 Å². The maximum absolute atomic E-state index is 13.0. The molecule has 0 bridgehead atoms. The van der Waals surface area contributed by atoms with Crippen molar-refractivity contribution >= 4 is 17.4 Å². The number of benzene rings is 2. The quantitative estimate of drug-likeness (QED) is 0.749. The van der Waals surface area contributed by atoms with E-state index < -0.39 is 0 Å². The Hall–Kier alpha value is -2.29. The average Bonchev–Trinajstić information content (AvgIpc) is 2.68. The Bertz CT molecular complexity index is 677. The van der Waals surface area contributed by atoms with Gasteiger partial charge in [-0.2, -0.15) is 0 Å². The summed E-state index contributed by atoms with van der Waals surface area (Å²) in [5, 5.41) is 3.17. The molecule has 2 aromatic rings. The van der Waals surface area contributed by atoms with Crippen LogP contribution in [0.25, 0.3) is 0 Å². The third kappa shape index (κ3) is 4.62. The molecule has 0 aliphatic heterocycles. The fourth-order valence-electron chi connectivity index (χ4n) is 3.58. The van der Waals surface area contributed by atoms with Crippen molar-refractivity contribution in [2.45, 2.75) is 45.4 Å². The lowest BCUT2D eigenvalue weighted by molar-refractivity contribution is 0.244. The summed E-state index contributed by atoms with van der Waals surface area (Å²) < 4.78 is 0. The van der Waals surface area contributed by atoms with Crippen molar-refractivity contribution in [3.63, 3.8) is 0 Å². The number of nitrogens with one attached hydrogen (secondary N) is 1. The first-order valence-electron chi connectivity index (χ1n) is 9.50. The van der Waals surface area contributed by atoms with Gasteiger partial charge in [-0.15, -0.1) is 0 Å². The Kier molecular flexibility index (Phi) is 6.10. The molecule has 0 spiro atoms. The molecule has 3 heteroatoms. The van der Waals surface area contributed by atoms with E-state index in [1.807, 2.05) is 42.5 Å². The summed E-state index contributed by atoms with van der Waals surface area (Å²) in [5.41, 5.74) is 3.06. The molecule has 132 valence electrons. The molecule has 1 fully saturated rings. The van der Waals surface area contributed by atoms with Crippen LogP contribution in [0.1, 0.15) is 44.6 Å². The van der Waals surface area contributed by atoms with E-state index in [1.165, 1.54) is 37.7 Å². The van der Waals surface area contributed by atoms with Gasteiger partial charge in [-0.3, -0.25) is 4.90 Å². The van der Waals surface area contributed by atoms with Crippen LogP contribution in [0.15, 0.2) is 54.6 Å². The standard InChI is InChI=1S/C22H28N2O/c1-2-18-12-9-15-21(16-18)24(20-13-7-4-8-14-20)22(25)23-17-19-10-5-3-6-11-19/h4,7-9,12-16,19H,2-3,5-6,10-11,17H2,1H3,(H,23,25). The second-order valence-electron chi connectivity index (χ2n) is 6.88. The van der Waals surface area contributed by atoms with Crippen molar-refractivity contribution in [3.8, 4) is 0 Å². The second kappa shape index (κ2) is 8.70. The molecule has 0 radical (unpaired) electrons. The SMILES string of the molecule is CCc1cccc(N(C(=O)NCC2CCCCC2)c2ccccc2)c1. The van der Waals surface area contributed by atoms with Crippen LogP contribution in [0.4, 0.5) is 16.2 Å². The highest BCUT2D eigenvalue weighted by atomic mass is 16.2. The first-order valence-corrected chi connectivity index (χ1v) is 9.50. The molecule has 1 N–H and O–H groups in total. The van der Waals surface area contributed by atoms with Crippen LogP contribution in [0.3, 0.4) is 0 Å². The van der Waals surface area contributed by atoms with Crippen molar-refractivity contribution in [2.24, 2.45) is 5.92 Å². The number of hydrogen-bond acceptors (Lipinski definition) is 1. The smallest absolute Gasteiger partial charge is 0.326 e. The largest absolute Gasteiger partial charge is 0.337 e. The van der Waals surface area contributed by atoms with E-state index >= 15 is 0 Å². The van der Waals surface area contributed by atoms with Gasteiger partial charge in [0.05, 0.1) is 11.4 Å². The maximum Gasteiger partial charge on any atom is 0.326 e. The van der Waals surface area contributed by atoms with Crippen LogP contribution in [0.5, 0.6) is 0 Å². The lowest BCUT2D eigenvalue weighted by atomic mass is 9.89. The molecule has 0 atom stereocenters. The Morgan fingerprint density at radius 1 is 1.00 bits per heavy atom. The number of urea groups is 1. The second-order valence-corrected chi connectivity index (χ2v) is 6.88. The molecule has 2 amide bonds. The lowest BCUT2D eigenvalue weighted by Crippen LogP contribution is -2.39. The monoisotopic (exact) mass is 336 g/mol. The van der Waals surface area contributed by atoms with Crippen LogP contribution in [-0.2, 0) is 6.42 Å². The summed E-state index contributed by atoms with van der Waals surface area (Å²) in [6.07, 6.45) is 7.35. The van der Waals surface area contributed by atoms with E-state index in [4.69, 9.17) is 0 Å². The van der Waals surface area contributed by atoms with Gasteiger partial charge in [-0.05, 0) is 55.0 Å². The number of para-hydroxylation sites is 1. The predicted molar refractivity (Wildman–Crippen MR) is 104 cm³/mol. The topological polar surface area (TPSA) is 32.3 Å². The highest BCUT2D eigenvalue weighted by molar-refractivity contribution is 5.99. The predicted octanol–water partition coefficient (Wildman–Crippen LogP) is 5.68. The zero-order chi connectivity index (χ0) is 17.5. The van der Waals surface area contributed by atoms with Gasteiger partial charge in [0.15, 0.2) is 0 Å². The number of amides is 2.